The molecule has 2 heterocycles. The van der Waals surface area contributed by atoms with Crippen LogP contribution in [-0.2, 0) is 16.2 Å². The summed E-state index contributed by atoms with van der Waals surface area (Å²) in [6.45, 7) is 6.84. The molecule has 0 fully saturated rings. The third kappa shape index (κ3) is 6.73. The molecule has 1 N–H and O–H groups in total. The second-order valence-electron chi connectivity index (χ2n) is 9.75. The molecule has 0 radical (unpaired) electrons. The highest BCUT2D eigenvalue weighted by Gasteiger charge is 2.35. The number of alkyl halides is 3. The number of thiazole rings is 1. The van der Waals surface area contributed by atoms with Gasteiger partial charge in [-0.05, 0) is 36.5 Å². The Balaban J connectivity index is 1.71. The fraction of sp³-hybridized carbons (Fsp3) is 0.308. The smallest absolute Gasteiger partial charge is 0.417 e. The van der Waals surface area contributed by atoms with Crippen LogP contribution in [0.4, 0.5) is 18.3 Å². The molecule has 4 rings (SSSR count). The minimum atomic E-state index is -4.65. The number of hydrogen-bond donors (Lipinski definition) is 1. The van der Waals surface area contributed by atoms with Crippen molar-refractivity contribution >= 4 is 26.5 Å². The van der Waals surface area contributed by atoms with E-state index >= 15 is 0 Å². The monoisotopic (exact) mass is 564 g/mol. The van der Waals surface area contributed by atoms with Crippen LogP contribution in [-0.4, -0.2) is 29.8 Å². The normalized spacial score (nSPS) is 12.5. The highest BCUT2D eigenvalue weighted by molar-refractivity contribution is 7.93. The van der Waals surface area contributed by atoms with Crippen molar-refractivity contribution in [1.82, 2.24) is 14.8 Å². The third-order valence-corrected chi connectivity index (χ3v) is 7.91. The Morgan fingerprint density at radius 2 is 1.68 bits per heavy atom. The largest absolute Gasteiger partial charge is 0.477 e. The van der Waals surface area contributed by atoms with Crippen LogP contribution in [0.5, 0.6) is 5.88 Å². The molecule has 0 bridgehead atoms. The molecule has 0 spiro atoms. The minimum absolute atomic E-state index is 0.000904. The van der Waals surface area contributed by atoms with Gasteiger partial charge in [0, 0.05) is 17.8 Å². The summed E-state index contributed by atoms with van der Waals surface area (Å²) in [6.07, 6.45) is -1.34. The van der Waals surface area contributed by atoms with Gasteiger partial charge in [-0.15, -0.1) is 5.10 Å². The van der Waals surface area contributed by atoms with E-state index in [-0.39, 0.29) is 31.7 Å². The van der Waals surface area contributed by atoms with Crippen LogP contribution >= 0.6 is 11.3 Å². The maximum Gasteiger partial charge on any atom is 0.417 e. The standard InChI is InChI=1S/C26H27F3N4O3S2/c1-25(2,3)15-9-17-36-21-14-16-33(31-21)23-22(19-12-7-8-13-20(19)26(27,28)29)30-24(37-23)32-38(34,35)18-10-5-4-6-11-18/h4-8,10-14,16H,9,15,17H2,1-3H3,(H,30,32). The SMILES string of the molecule is CC(C)(C)CCCOc1ccn(-c2sc(NS(=O)(=O)c3ccccc3)nc2-c2ccccc2C(F)(F)F)n1. The van der Waals surface area contributed by atoms with Crippen molar-refractivity contribution in [3.05, 3.63) is 72.4 Å². The van der Waals surface area contributed by atoms with Crippen molar-refractivity contribution in [2.24, 2.45) is 5.41 Å². The van der Waals surface area contributed by atoms with Gasteiger partial charge < -0.3 is 4.74 Å². The number of nitrogens with one attached hydrogen (secondary N) is 1. The predicted octanol–water partition coefficient (Wildman–Crippen LogP) is 7.02. The predicted molar refractivity (Wildman–Crippen MR) is 141 cm³/mol. The molecule has 0 saturated heterocycles. The van der Waals surface area contributed by atoms with E-state index in [1.54, 1.807) is 30.5 Å². The number of aromatic nitrogens is 3. The van der Waals surface area contributed by atoms with E-state index in [4.69, 9.17) is 4.74 Å². The third-order valence-electron chi connectivity index (χ3n) is 5.47. The summed E-state index contributed by atoms with van der Waals surface area (Å²) in [5.74, 6) is 0.300. The van der Waals surface area contributed by atoms with Crippen LogP contribution in [0.15, 0.2) is 71.8 Å². The van der Waals surface area contributed by atoms with Gasteiger partial charge in [0.1, 0.15) is 10.7 Å². The Labute approximate surface area is 223 Å². The van der Waals surface area contributed by atoms with E-state index in [2.05, 4.69) is 35.6 Å². The lowest BCUT2D eigenvalue weighted by molar-refractivity contribution is -0.137. The lowest BCUT2D eigenvalue weighted by Crippen LogP contribution is -2.12. The number of rotatable bonds is 9. The van der Waals surface area contributed by atoms with Crippen molar-refractivity contribution in [3.63, 3.8) is 0 Å². The minimum Gasteiger partial charge on any atom is -0.477 e. The molecule has 0 saturated carbocycles. The number of benzene rings is 2. The van der Waals surface area contributed by atoms with Gasteiger partial charge in [-0.1, -0.05) is 68.5 Å². The van der Waals surface area contributed by atoms with Crippen molar-refractivity contribution in [1.29, 1.82) is 0 Å². The zero-order chi connectivity index (χ0) is 27.6. The lowest BCUT2D eigenvalue weighted by atomic mass is 9.91. The molecule has 38 heavy (non-hydrogen) atoms. The Kier molecular flexibility index (Phi) is 7.84. The molecule has 0 aliphatic heterocycles. The van der Waals surface area contributed by atoms with E-state index in [1.807, 2.05) is 0 Å². The molecule has 7 nitrogen and oxygen atoms in total. The fourth-order valence-corrected chi connectivity index (χ4v) is 5.85. The molecule has 4 aromatic rings. The second-order valence-corrected chi connectivity index (χ2v) is 12.4. The van der Waals surface area contributed by atoms with E-state index < -0.39 is 21.8 Å². The summed E-state index contributed by atoms with van der Waals surface area (Å²) >= 11 is 0.870. The van der Waals surface area contributed by atoms with E-state index in [1.165, 1.54) is 35.0 Å². The first kappa shape index (κ1) is 27.6. The quantitative estimate of drug-likeness (QED) is 0.221. The number of hydrogen-bond acceptors (Lipinski definition) is 6. The molecule has 0 aliphatic rings. The van der Waals surface area contributed by atoms with E-state index in [0.29, 0.717) is 12.5 Å². The average molecular weight is 565 g/mol. The Morgan fingerprint density at radius 3 is 2.37 bits per heavy atom. The molecule has 2 aromatic heterocycles. The molecule has 202 valence electrons. The first-order valence-corrected chi connectivity index (χ1v) is 14.1. The van der Waals surface area contributed by atoms with E-state index in [9.17, 15) is 21.6 Å². The van der Waals surface area contributed by atoms with Crippen LogP contribution in [0.2, 0.25) is 0 Å². The molecule has 0 atom stereocenters. The number of halogens is 3. The summed E-state index contributed by atoms with van der Waals surface area (Å²) in [5.41, 5.74) is -0.985. The number of sulfonamides is 1. The zero-order valence-electron chi connectivity index (χ0n) is 21.0. The topological polar surface area (TPSA) is 86.1 Å². The first-order valence-electron chi connectivity index (χ1n) is 11.8. The Hall–Kier alpha value is -3.38. The van der Waals surface area contributed by atoms with Gasteiger partial charge in [-0.25, -0.2) is 18.1 Å². The highest BCUT2D eigenvalue weighted by Crippen LogP contribution is 2.41. The first-order chi connectivity index (χ1) is 17.8. The summed E-state index contributed by atoms with van der Waals surface area (Å²) < 4.78 is 76.8. The van der Waals surface area contributed by atoms with Gasteiger partial charge in [0.05, 0.1) is 17.1 Å². The zero-order valence-corrected chi connectivity index (χ0v) is 22.6. The summed E-state index contributed by atoms with van der Waals surface area (Å²) in [7, 11) is -4.02. The number of ether oxygens (including phenoxy) is 1. The van der Waals surface area contributed by atoms with E-state index in [0.717, 1.165) is 30.2 Å². The fourth-order valence-electron chi connectivity index (χ4n) is 3.67. The molecule has 12 heteroatoms. The van der Waals surface area contributed by atoms with Crippen LogP contribution in [0.25, 0.3) is 16.3 Å². The number of nitrogens with zero attached hydrogens (tertiary/aromatic N) is 3. The molecule has 0 amide bonds. The molecule has 0 aliphatic carbocycles. The maximum atomic E-state index is 13.9. The molecule has 0 unspecified atom stereocenters. The lowest BCUT2D eigenvalue weighted by Gasteiger charge is -2.17. The summed E-state index contributed by atoms with van der Waals surface area (Å²) in [5, 5.41) is 4.47. The second kappa shape index (κ2) is 10.8. The average Bonchev–Trinajstić information content (AvgIpc) is 3.48. The van der Waals surface area contributed by atoms with Crippen LogP contribution in [0.1, 0.15) is 39.2 Å². The summed E-state index contributed by atoms with van der Waals surface area (Å²) in [4.78, 5) is 4.28. The maximum absolute atomic E-state index is 13.9. The number of anilines is 1. The molecular weight excluding hydrogens is 537 g/mol. The van der Waals surface area contributed by atoms with Gasteiger partial charge in [0.2, 0.25) is 5.88 Å². The van der Waals surface area contributed by atoms with Crippen molar-refractivity contribution in [3.8, 4) is 22.1 Å². The van der Waals surface area contributed by atoms with Crippen LogP contribution < -0.4 is 9.46 Å². The van der Waals surface area contributed by atoms with Crippen molar-refractivity contribution in [2.75, 3.05) is 11.3 Å². The van der Waals surface area contributed by atoms with Crippen LogP contribution in [0, 0.1) is 5.41 Å². The highest BCUT2D eigenvalue weighted by atomic mass is 32.2. The summed E-state index contributed by atoms with van der Waals surface area (Å²) in [6, 6.07) is 14.2. The van der Waals surface area contributed by atoms with Gasteiger partial charge in [0.25, 0.3) is 10.0 Å². The molecular formula is C26H27F3N4O3S2. The Bertz CT molecular complexity index is 1490. The van der Waals surface area contributed by atoms with Gasteiger partial charge in [-0.2, -0.15) is 13.2 Å². The Morgan fingerprint density at radius 1 is 1.00 bits per heavy atom. The van der Waals surface area contributed by atoms with Crippen molar-refractivity contribution < 1.29 is 26.3 Å². The van der Waals surface area contributed by atoms with Crippen LogP contribution in [0.3, 0.4) is 0 Å². The van der Waals surface area contributed by atoms with Gasteiger partial charge >= 0.3 is 6.18 Å². The van der Waals surface area contributed by atoms with Gasteiger partial charge in [0.15, 0.2) is 5.13 Å². The molecule has 2 aromatic carbocycles. The van der Waals surface area contributed by atoms with Gasteiger partial charge in [-0.3, -0.25) is 4.72 Å². The van der Waals surface area contributed by atoms with Crippen molar-refractivity contribution in [2.45, 2.75) is 44.7 Å².